The average Bonchev–Trinajstić information content (AvgIpc) is 2.51. The van der Waals surface area contributed by atoms with Crippen LogP contribution in [0.5, 0.6) is 0 Å². The van der Waals surface area contributed by atoms with Gasteiger partial charge >= 0.3 is 0 Å². The molecule has 0 saturated carbocycles. The highest BCUT2D eigenvalue weighted by atomic mass is 35.5. The highest BCUT2D eigenvalue weighted by Crippen LogP contribution is 2.21. The van der Waals surface area contributed by atoms with Gasteiger partial charge in [0.2, 0.25) is 10.0 Å². The van der Waals surface area contributed by atoms with Crippen LogP contribution in [0.4, 0.5) is 8.78 Å². The number of carbonyl (C=O) groups is 1. The molecule has 4 nitrogen and oxygen atoms in total. The average molecular weight is 360 g/mol. The van der Waals surface area contributed by atoms with E-state index in [0.717, 1.165) is 12.1 Å². The van der Waals surface area contributed by atoms with Gasteiger partial charge in [-0.2, -0.15) is 0 Å². The summed E-state index contributed by atoms with van der Waals surface area (Å²) in [5.74, 6) is -2.12. The summed E-state index contributed by atoms with van der Waals surface area (Å²) in [5, 5.41) is -0.300. The Morgan fingerprint density at radius 2 is 1.74 bits per heavy atom. The van der Waals surface area contributed by atoms with E-state index in [0.29, 0.717) is 5.56 Å². The third-order valence-electron chi connectivity index (χ3n) is 3.15. The van der Waals surface area contributed by atoms with Gasteiger partial charge in [0.1, 0.15) is 11.6 Å². The Morgan fingerprint density at radius 1 is 1.13 bits per heavy atom. The predicted octanol–water partition coefficient (Wildman–Crippen LogP) is 3.30. The van der Waals surface area contributed by atoms with Crippen LogP contribution in [0, 0.1) is 11.6 Å². The van der Waals surface area contributed by atoms with Crippen molar-refractivity contribution in [3.8, 4) is 0 Å². The quantitative estimate of drug-likeness (QED) is 0.658. The second-order valence-corrected chi connectivity index (χ2v) is 6.90. The Balaban J connectivity index is 2.22. The molecule has 2 aromatic carbocycles. The van der Waals surface area contributed by atoms with E-state index >= 15 is 0 Å². The molecule has 122 valence electrons. The van der Waals surface area contributed by atoms with Crippen LogP contribution in [0.3, 0.4) is 0 Å². The fourth-order valence-electron chi connectivity index (χ4n) is 1.85. The van der Waals surface area contributed by atoms with Crippen molar-refractivity contribution < 1.29 is 22.0 Å². The third kappa shape index (κ3) is 3.93. The Hall–Kier alpha value is -1.83. The number of hydrogen-bond acceptors (Lipinski definition) is 3. The molecule has 0 fully saturated rings. The van der Waals surface area contributed by atoms with E-state index in [-0.39, 0.29) is 15.7 Å². The van der Waals surface area contributed by atoms with Gasteiger partial charge in [-0.15, -0.1) is 0 Å². The molecule has 8 heteroatoms. The molecular weight excluding hydrogens is 348 g/mol. The van der Waals surface area contributed by atoms with Crippen LogP contribution in [0.2, 0.25) is 5.02 Å². The first kappa shape index (κ1) is 17.5. The number of Topliss-reactive ketones (excluding diaryl/α,β-unsaturated/α-hetero) is 1. The minimum absolute atomic E-state index is 0.120. The van der Waals surface area contributed by atoms with Gasteiger partial charge < -0.3 is 0 Å². The summed E-state index contributed by atoms with van der Waals surface area (Å²) in [6.07, 6.45) is 0. The summed E-state index contributed by atoms with van der Waals surface area (Å²) in [6.45, 7) is 0.765. The maximum absolute atomic E-state index is 13.7. The molecule has 0 bridgehead atoms. The first-order chi connectivity index (χ1) is 10.7. The third-order valence-corrected chi connectivity index (χ3v) is 4.86. The molecule has 0 aliphatic heterocycles. The van der Waals surface area contributed by atoms with Crippen molar-refractivity contribution in [3.05, 3.63) is 64.2 Å². The Kier molecular flexibility index (Phi) is 5.13. The lowest BCUT2D eigenvalue weighted by Crippen LogP contribution is -2.24. The fraction of sp³-hybridized carbons (Fsp3) is 0.133. The van der Waals surface area contributed by atoms with Gasteiger partial charge in [-0.1, -0.05) is 23.7 Å². The summed E-state index contributed by atoms with van der Waals surface area (Å²) in [6, 6.07) is 7.20. The van der Waals surface area contributed by atoms with Crippen LogP contribution >= 0.6 is 11.6 Å². The summed E-state index contributed by atoms with van der Waals surface area (Å²) in [5.41, 5.74) is -0.114. The second-order valence-electron chi connectivity index (χ2n) is 4.73. The van der Waals surface area contributed by atoms with E-state index in [1.165, 1.54) is 31.2 Å². The summed E-state index contributed by atoms with van der Waals surface area (Å²) >= 11 is 5.55. The van der Waals surface area contributed by atoms with E-state index < -0.39 is 33.8 Å². The molecule has 1 N–H and O–H groups in total. The second kappa shape index (κ2) is 6.74. The molecule has 0 spiro atoms. The van der Waals surface area contributed by atoms with E-state index in [1.807, 2.05) is 0 Å². The van der Waals surface area contributed by atoms with Gasteiger partial charge in [0.05, 0.1) is 9.92 Å². The molecule has 2 rings (SSSR count). The van der Waals surface area contributed by atoms with Crippen LogP contribution in [0.25, 0.3) is 0 Å². The smallest absolute Gasteiger partial charge is 0.240 e. The Morgan fingerprint density at radius 3 is 2.30 bits per heavy atom. The first-order valence-corrected chi connectivity index (χ1v) is 8.31. The van der Waals surface area contributed by atoms with E-state index in [1.54, 1.807) is 0 Å². The minimum Gasteiger partial charge on any atom is -0.295 e. The number of ketones is 1. The van der Waals surface area contributed by atoms with E-state index in [4.69, 9.17) is 11.6 Å². The molecule has 0 radical (unpaired) electrons. The highest BCUT2D eigenvalue weighted by Gasteiger charge is 2.18. The molecule has 0 aliphatic rings. The number of hydrogen-bond donors (Lipinski definition) is 1. The van der Waals surface area contributed by atoms with Crippen molar-refractivity contribution in [1.82, 2.24) is 4.72 Å². The van der Waals surface area contributed by atoms with Gasteiger partial charge in [-0.05, 0) is 31.2 Å². The van der Waals surface area contributed by atoms with Crippen molar-refractivity contribution in [2.24, 2.45) is 0 Å². The molecule has 0 saturated heterocycles. The van der Waals surface area contributed by atoms with Crippen LogP contribution in [0.15, 0.2) is 41.3 Å². The lowest BCUT2D eigenvalue weighted by molar-refractivity contribution is 0.101. The number of sulfonamides is 1. The number of benzene rings is 2. The number of nitrogens with one attached hydrogen (secondary N) is 1. The van der Waals surface area contributed by atoms with Crippen molar-refractivity contribution in [1.29, 1.82) is 0 Å². The van der Waals surface area contributed by atoms with Gasteiger partial charge in [0, 0.05) is 17.7 Å². The Labute approximate surface area is 137 Å². The van der Waals surface area contributed by atoms with Gasteiger partial charge in [-0.3, -0.25) is 4.79 Å². The highest BCUT2D eigenvalue weighted by molar-refractivity contribution is 7.89. The summed E-state index contributed by atoms with van der Waals surface area (Å²) < 4.78 is 53.7. The van der Waals surface area contributed by atoms with Crippen LogP contribution in [-0.2, 0) is 16.6 Å². The van der Waals surface area contributed by atoms with Gasteiger partial charge in [0.15, 0.2) is 5.78 Å². The molecule has 0 amide bonds. The van der Waals surface area contributed by atoms with Crippen molar-refractivity contribution in [2.75, 3.05) is 0 Å². The van der Waals surface area contributed by atoms with Crippen molar-refractivity contribution >= 4 is 27.4 Å². The van der Waals surface area contributed by atoms with Crippen molar-refractivity contribution in [3.63, 3.8) is 0 Å². The lowest BCUT2D eigenvalue weighted by atomic mass is 10.2. The number of carbonyl (C=O) groups excluding carboxylic acids is 1. The number of rotatable bonds is 5. The predicted molar refractivity (Wildman–Crippen MR) is 81.8 cm³/mol. The van der Waals surface area contributed by atoms with E-state index in [9.17, 15) is 22.0 Å². The zero-order valence-corrected chi connectivity index (χ0v) is 13.5. The first-order valence-electron chi connectivity index (χ1n) is 6.45. The van der Waals surface area contributed by atoms with Crippen LogP contribution in [-0.4, -0.2) is 14.2 Å². The SMILES string of the molecule is CC(=O)c1ccc(S(=O)(=O)NCc2c(F)ccc(Cl)c2F)cc1. The fourth-order valence-corrected chi connectivity index (χ4v) is 3.02. The van der Waals surface area contributed by atoms with E-state index in [2.05, 4.69) is 4.72 Å². The van der Waals surface area contributed by atoms with Crippen LogP contribution < -0.4 is 4.72 Å². The van der Waals surface area contributed by atoms with Gasteiger partial charge in [0.25, 0.3) is 0 Å². The largest absolute Gasteiger partial charge is 0.295 e. The molecule has 2 aromatic rings. The molecular formula is C15H12ClF2NO3S. The van der Waals surface area contributed by atoms with Crippen LogP contribution in [0.1, 0.15) is 22.8 Å². The van der Waals surface area contributed by atoms with Crippen molar-refractivity contribution in [2.45, 2.75) is 18.4 Å². The summed E-state index contributed by atoms with van der Waals surface area (Å²) in [7, 11) is -3.99. The standard InChI is InChI=1S/C15H12ClF2NO3S/c1-9(20)10-2-4-11(5-3-10)23(21,22)19-8-12-14(17)7-6-13(16)15(12)18/h2-7,19H,8H2,1H3. The van der Waals surface area contributed by atoms with Gasteiger partial charge in [-0.25, -0.2) is 21.9 Å². The zero-order valence-electron chi connectivity index (χ0n) is 11.9. The zero-order chi connectivity index (χ0) is 17.2. The maximum Gasteiger partial charge on any atom is 0.240 e. The molecule has 0 heterocycles. The Bertz CT molecular complexity index is 852. The number of halogens is 3. The molecule has 0 atom stereocenters. The lowest BCUT2D eigenvalue weighted by Gasteiger charge is -2.09. The molecule has 0 aliphatic carbocycles. The maximum atomic E-state index is 13.7. The molecule has 23 heavy (non-hydrogen) atoms. The molecule has 0 aromatic heterocycles. The molecule has 0 unspecified atom stereocenters. The monoisotopic (exact) mass is 359 g/mol. The topological polar surface area (TPSA) is 63.2 Å². The minimum atomic E-state index is -3.99. The summed E-state index contributed by atoms with van der Waals surface area (Å²) in [4.78, 5) is 11.0. The normalized spacial score (nSPS) is 11.5.